The topological polar surface area (TPSA) is 37.3 Å². The van der Waals surface area contributed by atoms with Crippen LogP contribution >= 0.6 is 0 Å². The highest BCUT2D eigenvalue weighted by atomic mass is 32.2. The van der Waals surface area contributed by atoms with Crippen molar-refractivity contribution in [2.75, 3.05) is 0 Å². The summed E-state index contributed by atoms with van der Waals surface area (Å²) >= 11 is -1.66. The van der Waals surface area contributed by atoms with Crippen LogP contribution in [0.25, 0.3) is 0 Å². The average Bonchev–Trinajstić information content (AvgIpc) is 2.32. The lowest BCUT2D eigenvalue weighted by atomic mass is 9.85. The van der Waals surface area contributed by atoms with Gasteiger partial charge in [-0.2, -0.15) is 0 Å². The van der Waals surface area contributed by atoms with Crippen molar-refractivity contribution in [1.29, 1.82) is 0 Å². The van der Waals surface area contributed by atoms with Crippen LogP contribution in [0.1, 0.15) is 32.6 Å². The molecule has 0 spiro atoms. The summed E-state index contributed by atoms with van der Waals surface area (Å²) in [5, 5.41) is -0.0458. The Balaban J connectivity index is 2.73. The zero-order valence-electron chi connectivity index (χ0n) is 7.45. The van der Waals surface area contributed by atoms with E-state index in [9.17, 15) is 4.21 Å². The fraction of sp³-hybridized carbons (Fsp3) is 0.778. The van der Waals surface area contributed by atoms with Gasteiger partial charge in [0, 0.05) is 0 Å². The molecule has 12 heavy (non-hydrogen) atoms. The fourth-order valence-corrected chi connectivity index (χ4v) is 3.18. The lowest BCUT2D eigenvalue weighted by Crippen LogP contribution is -2.29. The first kappa shape index (κ1) is 9.93. The highest BCUT2D eigenvalue weighted by molar-refractivity contribution is 7.79. The van der Waals surface area contributed by atoms with Crippen LogP contribution in [-0.4, -0.2) is 14.0 Å². The molecule has 0 aliphatic heterocycles. The van der Waals surface area contributed by atoms with Crippen molar-refractivity contribution in [2.45, 2.75) is 37.9 Å². The van der Waals surface area contributed by atoms with Gasteiger partial charge in [-0.15, -0.1) is 6.58 Å². The molecule has 1 saturated carbocycles. The van der Waals surface area contributed by atoms with Crippen LogP contribution in [0, 0.1) is 5.41 Å². The van der Waals surface area contributed by atoms with Crippen LogP contribution in [0.5, 0.6) is 0 Å². The second-order valence-corrected chi connectivity index (χ2v) is 4.93. The van der Waals surface area contributed by atoms with Crippen LogP contribution in [0.3, 0.4) is 0 Å². The minimum Gasteiger partial charge on any atom is -0.306 e. The normalized spacial score (nSPS) is 38.0. The Morgan fingerprint density at radius 3 is 3.00 bits per heavy atom. The van der Waals surface area contributed by atoms with Crippen LogP contribution in [0.4, 0.5) is 0 Å². The van der Waals surface area contributed by atoms with E-state index in [0.29, 0.717) is 0 Å². The summed E-state index contributed by atoms with van der Waals surface area (Å²) in [6.07, 6.45) is 5.71. The van der Waals surface area contributed by atoms with E-state index in [2.05, 4.69) is 13.5 Å². The Labute approximate surface area is 76.3 Å². The summed E-state index contributed by atoms with van der Waals surface area (Å²) in [4.78, 5) is 0. The molecular formula is C9H16O2S. The highest BCUT2D eigenvalue weighted by Crippen LogP contribution is 2.43. The second-order valence-electron chi connectivity index (χ2n) is 3.80. The standard InChI is InChI=1S/C9H16O2S/c1-3-6-9(2)7-4-5-8(9)12(10)11/h3,8H,1,4-7H2,2H3,(H,10,11)/t8-,9+/m1/s1. The molecule has 1 unspecified atom stereocenters. The fourth-order valence-electron chi connectivity index (χ4n) is 2.11. The summed E-state index contributed by atoms with van der Waals surface area (Å²) in [6.45, 7) is 5.77. The first-order valence-electron chi connectivity index (χ1n) is 4.31. The maximum atomic E-state index is 11.0. The summed E-state index contributed by atoms with van der Waals surface area (Å²) in [7, 11) is 0. The highest BCUT2D eigenvalue weighted by Gasteiger charge is 2.41. The van der Waals surface area contributed by atoms with Gasteiger partial charge < -0.3 is 4.55 Å². The van der Waals surface area contributed by atoms with Crippen molar-refractivity contribution in [3.63, 3.8) is 0 Å². The molecule has 0 aromatic rings. The molecule has 1 fully saturated rings. The van der Waals surface area contributed by atoms with Crippen molar-refractivity contribution in [3.8, 4) is 0 Å². The van der Waals surface area contributed by atoms with Gasteiger partial charge in [0.1, 0.15) is 0 Å². The summed E-state index contributed by atoms with van der Waals surface area (Å²) in [5.74, 6) is 0. The van der Waals surface area contributed by atoms with Crippen molar-refractivity contribution in [2.24, 2.45) is 5.41 Å². The summed E-state index contributed by atoms with van der Waals surface area (Å²) < 4.78 is 20.0. The van der Waals surface area contributed by atoms with Gasteiger partial charge in [-0.1, -0.05) is 19.4 Å². The van der Waals surface area contributed by atoms with Gasteiger partial charge in [-0.05, 0) is 24.7 Å². The molecule has 0 saturated heterocycles. The number of rotatable bonds is 3. The minimum absolute atomic E-state index is 0.0152. The third-order valence-electron chi connectivity index (χ3n) is 2.85. The molecule has 1 rings (SSSR count). The maximum absolute atomic E-state index is 11.0. The van der Waals surface area contributed by atoms with Crippen molar-refractivity contribution >= 4 is 11.1 Å². The van der Waals surface area contributed by atoms with Gasteiger partial charge in [0.05, 0.1) is 5.25 Å². The molecule has 0 aromatic heterocycles. The van der Waals surface area contributed by atoms with E-state index in [1.807, 2.05) is 6.08 Å². The van der Waals surface area contributed by atoms with Gasteiger partial charge in [0.25, 0.3) is 0 Å². The molecule has 3 heteroatoms. The van der Waals surface area contributed by atoms with Crippen LogP contribution in [0.2, 0.25) is 0 Å². The summed E-state index contributed by atoms with van der Waals surface area (Å²) in [5.41, 5.74) is 0.0152. The number of hydrogen-bond donors (Lipinski definition) is 1. The van der Waals surface area contributed by atoms with Crippen molar-refractivity contribution in [1.82, 2.24) is 0 Å². The van der Waals surface area contributed by atoms with Crippen LogP contribution < -0.4 is 0 Å². The van der Waals surface area contributed by atoms with E-state index in [-0.39, 0.29) is 10.7 Å². The molecule has 1 aliphatic rings. The van der Waals surface area contributed by atoms with E-state index < -0.39 is 11.1 Å². The lowest BCUT2D eigenvalue weighted by Gasteiger charge is -2.27. The SMILES string of the molecule is C=CC[C@@]1(C)CCC[C@H]1S(=O)O. The minimum atomic E-state index is -1.66. The van der Waals surface area contributed by atoms with Gasteiger partial charge in [0.15, 0.2) is 11.1 Å². The monoisotopic (exact) mass is 188 g/mol. The van der Waals surface area contributed by atoms with Crippen molar-refractivity contribution in [3.05, 3.63) is 12.7 Å². The Morgan fingerprint density at radius 1 is 1.83 bits per heavy atom. The third-order valence-corrected chi connectivity index (χ3v) is 4.14. The van der Waals surface area contributed by atoms with Gasteiger partial charge >= 0.3 is 0 Å². The smallest absolute Gasteiger partial charge is 0.156 e. The molecule has 0 aromatic carbocycles. The van der Waals surface area contributed by atoms with Crippen molar-refractivity contribution < 1.29 is 8.76 Å². The molecule has 0 radical (unpaired) electrons. The molecule has 0 heterocycles. The molecule has 70 valence electrons. The second kappa shape index (κ2) is 3.71. The first-order valence-corrected chi connectivity index (χ1v) is 5.48. The maximum Gasteiger partial charge on any atom is 0.156 e. The van der Waals surface area contributed by atoms with Gasteiger partial charge in [-0.3, -0.25) is 0 Å². The molecule has 1 aliphatic carbocycles. The predicted octanol–water partition coefficient (Wildman–Crippen LogP) is 2.34. The van der Waals surface area contributed by atoms with Gasteiger partial charge in [-0.25, -0.2) is 4.21 Å². The van der Waals surface area contributed by atoms with E-state index >= 15 is 0 Å². The Hall–Kier alpha value is -0.150. The zero-order chi connectivity index (χ0) is 9.19. The van der Waals surface area contributed by atoms with Crippen LogP contribution in [-0.2, 0) is 11.1 Å². The molecule has 0 amide bonds. The average molecular weight is 188 g/mol. The van der Waals surface area contributed by atoms with Gasteiger partial charge in [0.2, 0.25) is 0 Å². The molecule has 3 atom stereocenters. The van der Waals surface area contributed by atoms with E-state index in [1.165, 1.54) is 0 Å². The number of hydrogen-bond acceptors (Lipinski definition) is 1. The Morgan fingerprint density at radius 2 is 2.50 bits per heavy atom. The lowest BCUT2D eigenvalue weighted by molar-refractivity contribution is 0.338. The Bertz CT molecular complexity index is 203. The van der Waals surface area contributed by atoms with E-state index in [4.69, 9.17) is 4.55 Å². The third kappa shape index (κ3) is 1.77. The molecule has 1 N–H and O–H groups in total. The van der Waals surface area contributed by atoms with Crippen LogP contribution in [0.15, 0.2) is 12.7 Å². The zero-order valence-corrected chi connectivity index (χ0v) is 8.27. The quantitative estimate of drug-likeness (QED) is 0.545. The van der Waals surface area contributed by atoms with E-state index in [0.717, 1.165) is 25.7 Å². The first-order chi connectivity index (χ1) is 5.60. The van der Waals surface area contributed by atoms with E-state index in [1.54, 1.807) is 0 Å². The largest absolute Gasteiger partial charge is 0.306 e. The Kier molecular flexibility index (Phi) is 3.07. The molecule has 0 bridgehead atoms. The summed E-state index contributed by atoms with van der Waals surface area (Å²) in [6, 6.07) is 0. The number of allylic oxidation sites excluding steroid dienone is 1. The molecular weight excluding hydrogens is 172 g/mol. The predicted molar refractivity (Wildman–Crippen MR) is 51.3 cm³/mol. The molecule has 2 nitrogen and oxygen atoms in total.